The molecule has 1 saturated heterocycles. The summed E-state index contributed by atoms with van der Waals surface area (Å²) >= 11 is -1.28. The van der Waals surface area contributed by atoms with Crippen molar-refractivity contribution >= 4 is 28.5 Å². The topological polar surface area (TPSA) is 96.2 Å². The molecule has 2 unspecified atom stereocenters. The predicted molar refractivity (Wildman–Crippen MR) is 121 cm³/mol. The van der Waals surface area contributed by atoms with E-state index < -0.39 is 11.2 Å². The molecule has 0 N–H and O–H groups in total. The summed E-state index contributed by atoms with van der Waals surface area (Å²) in [4.78, 5) is 21.9. The molecule has 0 saturated carbocycles. The molecule has 1 amide bonds. The summed E-state index contributed by atoms with van der Waals surface area (Å²) in [5.41, 5.74) is 3.58. The monoisotopic (exact) mass is 447 g/mol. The number of aromatic nitrogens is 4. The van der Waals surface area contributed by atoms with E-state index in [1.54, 1.807) is 28.2 Å². The number of benzene rings is 2. The minimum Gasteiger partial charge on any atom is -0.610 e. The first-order valence-electron chi connectivity index (χ1n) is 10.2. The molecule has 4 aromatic rings. The normalized spacial score (nSPS) is 17.4. The first-order chi connectivity index (χ1) is 15.6. The van der Waals surface area contributed by atoms with E-state index >= 15 is 0 Å². The Hall–Kier alpha value is -3.27. The molecule has 1 aliphatic heterocycles. The van der Waals surface area contributed by atoms with Crippen molar-refractivity contribution in [3.8, 4) is 17.1 Å². The zero-order chi connectivity index (χ0) is 22.1. The van der Waals surface area contributed by atoms with Crippen LogP contribution in [0.3, 0.4) is 0 Å². The highest BCUT2D eigenvalue weighted by Crippen LogP contribution is 2.30. The van der Waals surface area contributed by atoms with Gasteiger partial charge in [-0.1, -0.05) is 36.4 Å². The maximum Gasteiger partial charge on any atom is 0.271 e. The van der Waals surface area contributed by atoms with Crippen molar-refractivity contribution in [3.63, 3.8) is 0 Å². The van der Waals surface area contributed by atoms with E-state index in [2.05, 4.69) is 15.1 Å². The fourth-order valence-electron chi connectivity index (χ4n) is 3.85. The highest BCUT2D eigenvalue weighted by molar-refractivity contribution is 7.90. The van der Waals surface area contributed by atoms with Crippen LogP contribution < -0.4 is 0 Å². The van der Waals surface area contributed by atoms with Crippen LogP contribution in [0.25, 0.3) is 28.0 Å². The highest BCUT2D eigenvalue weighted by atomic mass is 32.2. The number of morpholine rings is 1. The number of rotatable bonds is 5. The van der Waals surface area contributed by atoms with Gasteiger partial charge in [0, 0.05) is 35.7 Å². The molecule has 0 aliphatic carbocycles. The number of carbonyl (C=O) groups is 1. The first kappa shape index (κ1) is 20.6. The van der Waals surface area contributed by atoms with Crippen LogP contribution in [0.2, 0.25) is 0 Å². The molecule has 1 fully saturated rings. The van der Waals surface area contributed by atoms with Gasteiger partial charge in [-0.25, -0.2) is 9.97 Å². The maximum atomic E-state index is 12.3. The number of amides is 1. The third-order valence-electron chi connectivity index (χ3n) is 5.50. The lowest BCUT2D eigenvalue weighted by Crippen LogP contribution is -2.37. The lowest BCUT2D eigenvalue weighted by atomic mass is 10.1. The molecule has 0 spiro atoms. The molecule has 0 radical (unpaired) electrons. The molecule has 9 heteroatoms. The molecule has 162 valence electrons. The summed E-state index contributed by atoms with van der Waals surface area (Å²) in [6.45, 7) is 1.55. The van der Waals surface area contributed by atoms with E-state index in [9.17, 15) is 9.35 Å². The Labute approximate surface area is 188 Å². The molecule has 1 aliphatic rings. The Morgan fingerprint density at radius 2 is 1.91 bits per heavy atom. The highest BCUT2D eigenvalue weighted by Gasteiger charge is 2.25. The van der Waals surface area contributed by atoms with E-state index in [0.29, 0.717) is 30.7 Å². The van der Waals surface area contributed by atoms with Gasteiger partial charge in [0.1, 0.15) is 12.4 Å². The number of ether oxygens (including phenoxy) is 1. The van der Waals surface area contributed by atoms with Gasteiger partial charge in [-0.05, 0) is 23.3 Å². The van der Waals surface area contributed by atoms with E-state index in [1.165, 1.54) is 0 Å². The van der Waals surface area contributed by atoms with Crippen LogP contribution in [0.4, 0.5) is 0 Å². The lowest BCUT2D eigenvalue weighted by molar-refractivity contribution is -0.125. The Morgan fingerprint density at radius 3 is 2.62 bits per heavy atom. The first-order valence-corrected chi connectivity index (χ1v) is 11.7. The summed E-state index contributed by atoms with van der Waals surface area (Å²) in [6.07, 6.45) is 5.72. The Morgan fingerprint density at radius 1 is 1.12 bits per heavy atom. The molecule has 5 rings (SSSR count). The maximum absolute atomic E-state index is 12.3. The van der Waals surface area contributed by atoms with Gasteiger partial charge in [-0.2, -0.15) is 4.68 Å². The average Bonchev–Trinajstić information content (AvgIpc) is 3.24. The zero-order valence-electron chi connectivity index (χ0n) is 17.4. The number of nitrogens with zero attached hydrogens (tertiary/aromatic N) is 5. The van der Waals surface area contributed by atoms with Gasteiger partial charge < -0.3 is 14.2 Å². The minimum atomic E-state index is -1.28. The van der Waals surface area contributed by atoms with Crippen LogP contribution in [0.15, 0.2) is 66.0 Å². The molecule has 3 heterocycles. The van der Waals surface area contributed by atoms with Crippen molar-refractivity contribution in [1.29, 1.82) is 0 Å². The molecular formula is C23H21N5O3S. The third-order valence-corrected chi connectivity index (χ3v) is 6.34. The summed E-state index contributed by atoms with van der Waals surface area (Å²) in [5, 5.41) is 5.81. The van der Waals surface area contributed by atoms with E-state index in [1.807, 2.05) is 48.5 Å². The quantitative estimate of drug-likeness (QED) is 0.345. The SMILES string of the molecule is C[S+]([O-])c1nn(-c2ncc(-c3ccccc3)cn2)c2cc(C3CN(C=O)CCO3)ccc12. The number of hydrogen-bond donors (Lipinski definition) is 0. The van der Waals surface area contributed by atoms with Gasteiger partial charge in [0.05, 0.1) is 24.1 Å². The van der Waals surface area contributed by atoms with Crippen molar-refractivity contribution in [2.45, 2.75) is 11.1 Å². The second-order valence-corrected chi connectivity index (χ2v) is 8.84. The smallest absolute Gasteiger partial charge is 0.271 e. The Balaban J connectivity index is 1.56. The minimum absolute atomic E-state index is 0.237. The van der Waals surface area contributed by atoms with Gasteiger partial charge in [0.2, 0.25) is 6.41 Å². The van der Waals surface area contributed by atoms with E-state index in [4.69, 9.17) is 4.74 Å². The van der Waals surface area contributed by atoms with E-state index in [0.717, 1.165) is 34.0 Å². The van der Waals surface area contributed by atoms with Crippen molar-refractivity contribution in [2.24, 2.45) is 0 Å². The lowest BCUT2D eigenvalue weighted by Gasteiger charge is -2.30. The van der Waals surface area contributed by atoms with Crippen LogP contribution in [0.1, 0.15) is 11.7 Å². The summed E-state index contributed by atoms with van der Waals surface area (Å²) in [5.74, 6) is 0.391. The van der Waals surface area contributed by atoms with Gasteiger partial charge in [-0.3, -0.25) is 4.79 Å². The Bertz CT molecular complexity index is 1240. The van der Waals surface area contributed by atoms with Crippen LogP contribution in [-0.4, -0.2) is 61.6 Å². The largest absolute Gasteiger partial charge is 0.610 e. The zero-order valence-corrected chi connectivity index (χ0v) is 18.2. The number of carbonyl (C=O) groups excluding carboxylic acids is 1. The van der Waals surface area contributed by atoms with Crippen molar-refractivity contribution < 1.29 is 14.1 Å². The Kier molecular flexibility index (Phi) is 5.60. The van der Waals surface area contributed by atoms with Crippen LogP contribution in [0.5, 0.6) is 0 Å². The van der Waals surface area contributed by atoms with Gasteiger partial charge in [0.25, 0.3) is 11.0 Å². The average molecular weight is 448 g/mol. The fraction of sp³-hybridized carbons (Fsp3) is 0.217. The van der Waals surface area contributed by atoms with Crippen LogP contribution in [-0.2, 0) is 20.7 Å². The second-order valence-electron chi connectivity index (χ2n) is 7.55. The standard InChI is InChI=1S/C23H21N5O3S/c1-32(30)22-19-8-7-17(21-14-27(15-29)9-10-31-21)11-20(19)28(26-22)23-24-12-18(13-25-23)16-5-3-2-4-6-16/h2-8,11-13,15,21H,9-10,14H2,1H3. The van der Waals surface area contributed by atoms with Gasteiger partial charge >= 0.3 is 0 Å². The van der Waals surface area contributed by atoms with Gasteiger partial charge in [0.15, 0.2) is 0 Å². The summed E-state index contributed by atoms with van der Waals surface area (Å²) < 4.78 is 19.8. The summed E-state index contributed by atoms with van der Waals surface area (Å²) in [7, 11) is 0. The molecule has 8 nitrogen and oxygen atoms in total. The number of hydrogen-bond acceptors (Lipinski definition) is 6. The van der Waals surface area contributed by atoms with Crippen molar-refractivity contribution in [3.05, 3.63) is 66.5 Å². The summed E-state index contributed by atoms with van der Waals surface area (Å²) in [6, 6.07) is 15.7. The molecule has 2 aromatic heterocycles. The third kappa shape index (κ3) is 3.86. The van der Waals surface area contributed by atoms with Crippen molar-refractivity contribution in [2.75, 3.05) is 26.0 Å². The molecule has 2 atom stereocenters. The fourth-order valence-corrected chi connectivity index (χ4v) is 4.52. The molecule has 0 bridgehead atoms. The van der Waals surface area contributed by atoms with E-state index in [-0.39, 0.29) is 6.10 Å². The van der Waals surface area contributed by atoms with Gasteiger partial charge in [-0.15, -0.1) is 5.10 Å². The van der Waals surface area contributed by atoms with Crippen LogP contribution in [0, 0.1) is 0 Å². The molecule has 2 aromatic carbocycles. The predicted octanol–water partition coefficient (Wildman–Crippen LogP) is 2.75. The molecular weight excluding hydrogens is 426 g/mol. The second kappa shape index (κ2) is 8.70. The van der Waals surface area contributed by atoms with Crippen LogP contribution >= 0.6 is 0 Å². The van der Waals surface area contributed by atoms with Crippen molar-refractivity contribution in [1.82, 2.24) is 24.6 Å². The molecule has 32 heavy (non-hydrogen) atoms. The number of fused-ring (bicyclic) bond motifs is 1.